The normalized spacial score (nSPS) is 17.7. The number of hydrogen-bond donors (Lipinski definition) is 1. The molecule has 1 aromatic carbocycles. The Morgan fingerprint density at radius 2 is 2.10 bits per heavy atom. The van der Waals surface area contributed by atoms with Gasteiger partial charge in [0.1, 0.15) is 0 Å². The van der Waals surface area contributed by atoms with Crippen molar-refractivity contribution in [1.29, 1.82) is 0 Å². The van der Waals surface area contributed by atoms with Crippen LogP contribution in [0, 0.1) is 5.92 Å². The van der Waals surface area contributed by atoms with Crippen molar-refractivity contribution < 1.29 is 4.79 Å². The van der Waals surface area contributed by atoms with E-state index in [0.717, 1.165) is 30.5 Å². The van der Waals surface area contributed by atoms with E-state index in [0.29, 0.717) is 10.2 Å². The third-order valence-electron chi connectivity index (χ3n) is 3.51. The second-order valence-corrected chi connectivity index (χ2v) is 6.31. The van der Waals surface area contributed by atoms with Crippen LogP contribution >= 0.6 is 22.9 Å². The van der Waals surface area contributed by atoms with Gasteiger partial charge in [0.2, 0.25) is 5.91 Å². The molecule has 0 fully saturated rings. The molecule has 0 radical (unpaired) electrons. The van der Waals surface area contributed by atoms with Gasteiger partial charge in [-0.25, -0.2) is 4.98 Å². The molecule has 1 atom stereocenters. The standard InChI is InChI=1S/C16H15ClN2OS/c17-13-8-6-11(7-9-13)14-10-21-16(18-14)19-15(20)12-4-2-1-3-5-12/h1-2,6-10,12H,3-5H2,(H,18,19,20)/t12-/m1/s1. The monoisotopic (exact) mass is 318 g/mol. The number of nitrogens with one attached hydrogen (secondary N) is 1. The zero-order valence-corrected chi connectivity index (χ0v) is 13.0. The summed E-state index contributed by atoms with van der Waals surface area (Å²) >= 11 is 7.33. The van der Waals surface area contributed by atoms with Gasteiger partial charge in [-0.1, -0.05) is 35.9 Å². The third kappa shape index (κ3) is 3.52. The average Bonchev–Trinajstić information content (AvgIpc) is 2.97. The Kier molecular flexibility index (Phi) is 4.36. The minimum atomic E-state index is 0.0661. The number of nitrogens with zero attached hydrogens (tertiary/aromatic N) is 1. The quantitative estimate of drug-likeness (QED) is 0.829. The van der Waals surface area contributed by atoms with Gasteiger partial charge in [0.15, 0.2) is 5.13 Å². The maximum atomic E-state index is 12.2. The van der Waals surface area contributed by atoms with E-state index in [9.17, 15) is 4.79 Å². The fraction of sp³-hybridized carbons (Fsp3) is 0.250. The van der Waals surface area contributed by atoms with Gasteiger partial charge in [0.05, 0.1) is 5.69 Å². The maximum Gasteiger partial charge on any atom is 0.229 e. The summed E-state index contributed by atoms with van der Waals surface area (Å²) in [6.07, 6.45) is 6.92. The fourth-order valence-corrected chi connectivity index (χ4v) is 3.17. The molecule has 1 aliphatic carbocycles. The number of hydrogen-bond acceptors (Lipinski definition) is 3. The molecule has 0 saturated heterocycles. The van der Waals surface area contributed by atoms with Gasteiger partial charge in [-0.2, -0.15) is 0 Å². The van der Waals surface area contributed by atoms with E-state index in [2.05, 4.69) is 22.5 Å². The van der Waals surface area contributed by atoms with Crippen LogP contribution in [-0.2, 0) is 4.79 Å². The van der Waals surface area contributed by atoms with Crippen molar-refractivity contribution in [1.82, 2.24) is 4.98 Å². The number of allylic oxidation sites excluding steroid dienone is 2. The number of carbonyl (C=O) groups excluding carboxylic acids is 1. The molecule has 0 unspecified atom stereocenters. The molecule has 2 aromatic rings. The predicted octanol–water partition coefficient (Wildman–Crippen LogP) is 4.76. The lowest BCUT2D eigenvalue weighted by molar-refractivity contribution is -0.120. The summed E-state index contributed by atoms with van der Waals surface area (Å²) in [6.45, 7) is 0. The highest BCUT2D eigenvalue weighted by Gasteiger charge is 2.19. The highest BCUT2D eigenvalue weighted by Crippen LogP contribution is 2.27. The SMILES string of the molecule is O=C(Nc1nc(-c2ccc(Cl)cc2)cs1)[C@@H]1CC=CCC1. The molecular formula is C16H15ClN2OS. The highest BCUT2D eigenvalue weighted by molar-refractivity contribution is 7.14. The number of amides is 1. The molecule has 0 spiro atoms. The summed E-state index contributed by atoms with van der Waals surface area (Å²) < 4.78 is 0. The lowest BCUT2D eigenvalue weighted by Crippen LogP contribution is -2.23. The Bertz CT molecular complexity index is 663. The third-order valence-corrected chi connectivity index (χ3v) is 4.52. The second kappa shape index (κ2) is 6.41. The van der Waals surface area contributed by atoms with Crippen LogP contribution in [0.4, 0.5) is 5.13 Å². The molecule has 5 heteroatoms. The number of halogens is 1. The van der Waals surface area contributed by atoms with Crippen molar-refractivity contribution in [2.45, 2.75) is 19.3 Å². The van der Waals surface area contributed by atoms with Gasteiger partial charge >= 0.3 is 0 Å². The molecule has 3 rings (SSSR count). The maximum absolute atomic E-state index is 12.2. The molecule has 0 saturated carbocycles. The minimum Gasteiger partial charge on any atom is -0.302 e. The van der Waals surface area contributed by atoms with Gasteiger partial charge in [-0.15, -0.1) is 11.3 Å². The first-order valence-corrected chi connectivity index (χ1v) is 8.15. The fourth-order valence-electron chi connectivity index (χ4n) is 2.32. The van der Waals surface area contributed by atoms with E-state index in [1.54, 1.807) is 0 Å². The molecule has 3 nitrogen and oxygen atoms in total. The number of aromatic nitrogens is 1. The number of anilines is 1. The van der Waals surface area contributed by atoms with Crippen molar-refractivity contribution in [3.05, 3.63) is 46.8 Å². The van der Waals surface area contributed by atoms with Gasteiger partial charge < -0.3 is 5.32 Å². The number of rotatable bonds is 3. The minimum absolute atomic E-state index is 0.0661. The van der Waals surface area contributed by atoms with E-state index < -0.39 is 0 Å². The molecule has 0 aliphatic heterocycles. The smallest absolute Gasteiger partial charge is 0.229 e. The van der Waals surface area contributed by atoms with Gasteiger partial charge in [-0.05, 0) is 31.4 Å². The second-order valence-electron chi connectivity index (χ2n) is 5.02. The Balaban J connectivity index is 1.68. The van der Waals surface area contributed by atoms with Crippen molar-refractivity contribution in [2.75, 3.05) is 5.32 Å². The Labute approximate surface area is 132 Å². The first-order chi connectivity index (χ1) is 10.2. The van der Waals surface area contributed by atoms with Crippen LogP contribution in [0.15, 0.2) is 41.8 Å². The molecule has 1 aromatic heterocycles. The Hall–Kier alpha value is -1.65. The zero-order chi connectivity index (χ0) is 14.7. The van der Waals surface area contributed by atoms with Crippen LogP contribution in [0.5, 0.6) is 0 Å². The van der Waals surface area contributed by atoms with E-state index in [1.165, 1.54) is 11.3 Å². The summed E-state index contributed by atoms with van der Waals surface area (Å²) in [6, 6.07) is 7.52. The molecule has 108 valence electrons. The van der Waals surface area contributed by atoms with Crippen LogP contribution in [0.2, 0.25) is 5.02 Å². The van der Waals surface area contributed by atoms with Gasteiger partial charge in [0, 0.05) is 21.9 Å². The molecule has 21 heavy (non-hydrogen) atoms. The van der Waals surface area contributed by atoms with E-state index >= 15 is 0 Å². The van der Waals surface area contributed by atoms with Gasteiger partial charge in [0.25, 0.3) is 0 Å². The lowest BCUT2D eigenvalue weighted by Gasteiger charge is -2.15. The van der Waals surface area contributed by atoms with Crippen molar-refractivity contribution >= 4 is 34.0 Å². The van der Waals surface area contributed by atoms with E-state index in [1.807, 2.05) is 29.6 Å². The molecule has 1 heterocycles. The first-order valence-electron chi connectivity index (χ1n) is 6.90. The molecule has 1 aliphatic rings. The van der Waals surface area contributed by atoms with Crippen LogP contribution < -0.4 is 5.32 Å². The highest BCUT2D eigenvalue weighted by atomic mass is 35.5. The largest absolute Gasteiger partial charge is 0.302 e. The van der Waals surface area contributed by atoms with Crippen LogP contribution in [-0.4, -0.2) is 10.9 Å². The molecule has 1 amide bonds. The van der Waals surface area contributed by atoms with Crippen molar-refractivity contribution in [2.24, 2.45) is 5.92 Å². The van der Waals surface area contributed by atoms with E-state index in [-0.39, 0.29) is 11.8 Å². The van der Waals surface area contributed by atoms with Crippen LogP contribution in [0.3, 0.4) is 0 Å². The Morgan fingerprint density at radius 3 is 2.81 bits per heavy atom. The average molecular weight is 319 g/mol. The molecule has 1 N–H and O–H groups in total. The number of thiazole rings is 1. The predicted molar refractivity (Wildman–Crippen MR) is 87.7 cm³/mol. The summed E-state index contributed by atoms with van der Waals surface area (Å²) in [5, 5.41) is 6.22. The van der Waals surface area contributed by atoms with Crippen LogP contribution in [0.1, 0.15) is 19.3 Å². The van der Waals surface area contributed by atoms with Gasteiger partial charge in [-0.3, -0.25) is 4.79 Å². The van der Waals surface area contributed by atoms with Crippen LogP contribution in [0.25, 0.3) is 11.3 Å². The molecular weight excluding hydrogens is 304 g/mol. The Morgan fingerprint density at radius 1 is 1.29 bits per heavy atom. The van der Waals surface area contributed by atoms with E-state index in [4.69, 9.17) is 11.6 Å². The summed E-state index contributed by atoms with van der Waals surface area (Å²) in [5.74, 6) is 0.134. The topological polar surface area (TPSA) is 42.0 Å². The molecule has 0 bridgehead atoms. The van der Waals surface area contributed by atoms with Crippen molar-refractivity contribution in [3.63, 3.8) is 0 Å². The lowest BCUT2D eigenvalue weighted by atomic mass is 9.94. The number of carbonyl (C=O) groups is 1. The summed E-state index contributed by atoms with van der Waals surface area (Å²) in [4.78, 5) is 16.6. The van der Waals surface area contributed by atoms with Crippen molar-refractivity contribution in [3.8, 4) is 11.3 Å². The summed E-state index contributed by atoms with van der Waals surface area (Å²) in [5.41, 5.74) is 1.85. The number of benzene rings is 1. The summed E-state index contributed by atoms with van der Waals surface area (Å²) in [7, 11) is 0. The zero-order valence-electron chi connectivity index (χ0n) is 11.4. The first kappa shape index (κ1) is 14.3.